The van der Waals surface area contributed by atoms with Crippen molar-refractivity contribution >= 4 is 11.7 Å². The third-order valence-electron chi connectivity index (χ3n) is 2.24. The number of hydrogen-bond acceptors (Lipinski definition) is 3. The van der Waals surface area contributed by atoms with Gasteiger partial charge in [0.05, 0.1) is 5.71 Å². The zero-order chi connectivity index (χ0) is 9.97. The van der Waals surface area contributed by atoms with Crippen molar-refractivity contribution < 1.29 is 9.63 Å². The van der Waals surface area contributed by atoms with E-state index in [1.165, 1.54) is 12.5 Å². The standard InChI is InChI=1S/C11H11NO2/c1-8(13)14-12-11-7-6-9-4-2-3-5-10(9)11/h2-5H,6-7H2,1H3. The molecule has 3 nitrogen and oxygen atoms in total. The zero-order valence-corrected chi connectivity index (χ0v) is 7.99. The summed E-state index contributed by atoms with van der Waals surface area (Å²) in [6.07, 6.45) is 1.84. The lowest BCUT2D eigenvalue weighted by molar-refractivity contribution is -0.140. The Hall–Kier alpha value is -1.64. The molecule has 2 rings (SSSR count). The summed E-state index contributed by atoms with van der Waals surface area (Å²) in [5, 5.41) is 3.83. The van der Waals surface area contributed by atoms with E-state index in [4.69, 9.17) is 0 Å². The number of hydrogen-bond donors (Lipinski definition) is 0. The van der Waals surface area contributed by atoms with Gasteiger partial charge in [-0.2, -0.15) is 0 Å². The Morgan fingerprint density at radius 2 is 2.14 bits per heavy atom. The predicted octanol–water partition coefficient (Wildman–Crippen LogP) is 1.90. The van der Waals surface area contributed by atoms with Crippen molar-refractivity contribution in [3.05, 3.63) is 35.4 Å². The molecule has 0 N–H and O–H groups in total. The van der Waals surface area contributed by atoms with Gasteiger partial charge in [0.2, 0.25) is 0 Å². The fourth-order valence-electron chi connectivity index (χ4n) is 1.62. The van der Waals surface area contributed by atoms with Crippen molar-refractivity contribution in [3.8, 4) is 0 Å². The molecule has 0 unspecified atom stereocenters. The van der Waals surface area contributed by atoms with Crippen LogP contribution in [0.4, 0.5) is 0 Å². The number of rotatable bonds is 1. The minimum atomic E-state index is -0.373. The Morgan fingerprint density at radius 1 is 1.36 bits per heavy atom. The van der Waals surface area contributed by atoms with Crippen LogP contribution in [0, 0.1) is 0 Å². The molecular weight excluding hydrogens is 178 g/mol. The van der Waals surface area contributed by atoms with Gasteiger partial charge in [-0.15, -0.1) is 0 Å². The highest BCUT2D eigenvalue weighted by Crippen LogP contribution is 2.21. The minimum absolute atomic E-state index is 0.373. The van der Waals surface area contributed by atoms with Crippen LogP contribution in [-0.2, 0) is 16.1 Å². The summed E-state index contributed by atoms with van der Waals surface area (Å²) < 4.78 is 0. The van der Waals surface area contributed by atoms with Gasteiger partial charge in [-0.3, -0.25) is 0 Å². The lowest BCUT2D eigenvalue weighted by Gasteiger charge is -1.97. The van der Waals surface area contributed by atoms with Gasteiger partial charge in [0, 0.05) is 12.5 Å². The molecule has 0 heterocycles. The molecule has 1 aromatic carbocycles. The Bertz CT molecular complexity index is 396. The molecule has 0 saturated heterocycles. The monoisotopic (exact) mass is 189 g/mol. The topological polar surface area (TPSA) is 38.7 Å². The third kappa shape index (κ3) is 1.66. The molecule has 0 saturated carbocycles. The summed E-state index contributed by atoms with van der Waals surface area (Å²) in [6, 6.07) is 8.05. The lowest BCUT2D eigenvalue weighted by atomic mass is 10.1. The van der Waals surface area contributed by atoms with Gasteiger partial charge in [-0.1, -0.05) is 29.4 Å². The summed E-state index contributed by atoms with van der Waals surface area (Å²) in [5.74, 6) is -0.373. The first-order valence-corrected chi connectivity index (χ1v) is 4.60. The summed E-state index contributed by atoms with van der Waals surface area (Å²) in [6.45, 7) is 1.35. The molecule has 72 valence electrons. The number of aryl methyl sites for hydroxylation is 1. The zero-order valence-electron chi connectivity index (χ0n) is 7.99. The summed E-state index contributed by atoms with van der Waals surface area (Å²) in [4.78, 5) is 15.2. The van der Waals surface area contributed by atoms with E-state index in [9.17, 15) is 4.79 Å². The van der Waals surface area contributed by atoms with E-state index in [0.29, 0.717) is 0 Å². The molecular formula is C11H11NO2. The molecule has 1 aliphatic rings. The van der Waals surface area contributed by atoms with Crippen LogP contribution in [0.15, 0.2) is 29.4 Å². The highest BCUT2D eigenvalue weighted by molar-refractivity contribution is 6.04. The van der Waals surface area contributed by atoms with Crippen LogP contribution in [0.25, 0.3) is 0 Å². The second kappa shape index (κ2) is 3.62. The fraction of sp³-hybridized carbons (Fsp3) is 0.273. The van der Waals surface area contributed by atoms with Crippen LogP contribution in [0.2, 0.25) is 0 Å². The normalized spacial score (nSPS) is 16.8. The summed E-state index contributed by atoms with van der Waals surface area (Å²) >= 11 is 0. The van der Waals surface area contributed by atoms with E-state index in [1.807, 2.05) is 18.2 Å². The molecule has 0 bridgehead atoms. The Balaban J connectivity index is 2.26. The molecule has 3 heteroatoms. The number of carbonyl (C=O) groups excluding carboxylic acids is 1. The average Bonchev–Trinajstić information content (AvgIpc) is 2.58. The second-order valence-corrected chi connectivity index (χ2v) is 3.28. The Morgan fingerprint density at radius 3 is 2.93 bits per heavy atom. The van der Waals surface area contributed by atoms with E-state index in [1.54, 1.807) is 0 Å². The van der Waals surface area contributed by atoms with E-state index in [0.717, 1.165) is 24.1 Å². The van der Waals surface area contributed by atoms with Crippen LogP contribution in [0.3, 0.4) is 0 Å². The van der Waals surface area contributed by atoms with Crippen LogP contribution in [0.1, 0.15) is 24.5 Å². The average molecular weight is 189 g/mol. The van der Waals surface area contributed by atoms with Crippen molar-refractivity contribution in [1.29, 1.82) is 0 Å². The maximum atomic E-state index is 10.6. The summed E-state index contributed by atoms with van der Waals surface area (Å²) in [7, 11) is 0. The van der Waals surface area contributed by atoms with Gasteiger partial charge in [0.1, 0.15) is 0 Å². The molecule has 0 aliphatic heterocycles. The van der Waals surface area contributed by atoms with Crippen LogP contribution in [0.5, 0.6) is 0 Å². The minimum Gasteiger partial charge on any atom is -0.318 e. The highest BCUT2D eigenvalue weighted by Gasteiger charge is 2.17. The van der Waals surface area contributed by atoms with Gasteiger partial charge in [-0.05, 0) is 18.4 Å². The van der Waals surface area contributed by atoms with Crippen molar-refractivity contribution in [2.24, 2.45) is 5.16 Å². The molecule has 1 aliphatic carbocycles. The van der Waals surface area contributed by atoms with Crippen molar-refractivity contribution in [2.75, 3.05) is 0 Å². The number of carbonyl (C=O) groups is 1. The van der Waals surface area contributed by atoms with Crippen molar-refractivity contribution in [2.45, 2.75) is 19.8 Å². The molecule has 0 fully saturated rings. The molecule has 1 aromatic rings. The van der Waals surface area contributed by atoms with Gasteiger partial charge < -0.3 is 4.84 Å². The molecule has 0 radical (unpaired) electrons. The maximum Gasteiger partial charge on any atom is 0.331 e. The number of benzene rings is 1. The molecule has 0 amide bonds. The van der Waals surface area contributed by atoms with Gasteiger partial charge in [-0.25, -0.2) is 4.79 Å². The van der Waals surface area contributed by atoms with Crippen LogP contribution < -0.4 is 0 Å². The number of oxime groups is 1. The summed E-state index contributed by atoms with van der Waals surface area (Å²) in [5.41, 5.74) is 3.25. The van der Waals surface area contributed by atoms with Crippen molar-refractivity contribution in [3.63, 3.8) is 0 Å². The van der Waals surface area contributed by atoms with Crippen LogP contribution in [-0.4, -0.2) is 11.7 Å². The molecule has 14 heavy (non-hydrogen) atoms. The van der Waals surface area contributed by atoms with Gasteiger partial charge in [0.15, 0.2) is 0 Å². The quantitative estimate of drug-likeness (QED) is 0.500. The van der Waals surface area contributed by atoms with E-state index < -0.39 is 0 Å². The lowest BCUT2D eigenvalue weighted by Crippen LogP contribution is -1.99. The maximum absolute atomic E-state index is 10.6. The fourth-order valence-corrected chi connectivity index (χ4v) is 1.62. The molecule has 0 atom stereocenters. The smallest absolute Gasteiger partial charge is 0.318 e. The van der Waals surface area contributed by atoms with Gasteiger partial charge in [0.25, 0.3) is 0 Å². The van der Waals surface area contributed by atoms with Gasteiger partial charge >= 0.3 is 5.97 Å². The van der Waals surface area contributed by atoms with Crippen LogP contribution >= 0.6 is 0 Å². The predicted molar refractivity (Wildman–Crippen MR) is 53.1 cm³/mol. The number of fused-ring (bicyclic) bond motifs is 1. The SMILES string of the molecule is CC(=O)ON=C1CCc2ccccc21. The highest BCUT2D eigenvalue weighted by atomic mass is 16.7. The first kappa shape index (κ1) is 8.94. The third-order valence-corrected chi connectivity index (χ3v) is 2.24. The second-order valence-electron chi connectivity index (χ2n) is 3.28. The largest absolute Gasteiger partial charge is 0.331 e. The first-order chi connectivity index (χ1) is 6.77. The van der Waals surface area contributed by atoms with Crippen molar-refractivity contribution in [1.82, 2.24) is 0 Å². The molecule has 0 aromatic heterocycles. The molecule has 0 spiro atoms. The van der Waals surface area contributed by atoms with E-state index in [-0.39, 0.29) is 5.97 Å². The van der Waals surface area contributed by atoms with E-state index >= 15 is 0 Å². The van der Waals surface area contributed by atoms with E-state index in [2.05, 4.69) is 16.1 Å². The first-order valence-electron chi connectivity index (χ1n) is 4.60. The Labute approximate surface area is 82.4 Å². The number of nitrogens with zero attached hydrogens (tertiary/aromatic N) is 1. The Kier molecular flexibility index (Phi) is 2.31.